The fourth-order valence-corrected chi connectivity index (χ4v) is 1.76. The molecule has 1 aromatic rings. The van der Waals surface area contributed by atoms with Gasteiger partial charge >= 0.3 is 0 Å². The maximum atomic E-state index is 11.3. The lowest BCUT2D eigenvalue weighted by atomic mass is 9.97. The first-order valence-electron chi connectivity index (χ1n) is 4.05. The molecular weight excluding hydrogens is 176 g/mol. The zero-order chi connectivity index (χ0) is 8.55. The average Bonchev–Trinajstić information content (AvgIpc) is 2.04. The highest BCUT2D eigenvalue weighted by Crippen LogP contribution is 2.16. The third-order valence-electron chi connectivity index (χ3n) is 2.16. The summed E-state index contributed by atoms with van der Waals surface area (Å²) in [5.41, 5.74) is 1.64. The maximum absolute atomic E-state index is 11.3. The molecule has 0 fully saturated rings. The van der Waals surface area contributed by atoms with Crippen LogP contribution in [-0.2, 0) is 12.8 Å². The summed E-state index contributed by atoms with van der Waals surface area (Å²) in [4.78, 5) is 17.9. The lowest BCUT2D eigenvalue weighted by molar-refractivity contribution is 0.656. The van der Waals surface area contributed by atoms with Gasteiger partial charge in [-0.15, -0.1) is 0 Å². The third-order valence-corrected chi connectivity index (χ3v) is 2.34. The van der Waals surface area contributed by atoms with Crippen LogP contribution in [0.3, 0.4) is 0 Å². The van der Waals surface area contributed by atoms with Crippen LogP contribution in [0.25, 0.3) is 0 Å². The normalized spacial score (nSPS) is 15.8. The van der Waals surface area contributed by atoms with E-state index in [1.807, 2.05) is 0 Å². The zero-order valence-electron chi connectivity index (χ0n) is 6.56. The molecular formula is C8H9ClN2O. The Balaban J connectivity index is 2.60. The third kappa shape index (κ3) is 1.25. The number of hydrogen-bond donors (Lipinski definition) is 1. The molecule has 0 aliphatic heterocycles. The molecule has 0 saturated carbocycles. The van der Waals surface area contributed by atoms with Crippen LogP contribution in [0.4, 0.5) is 0 Å². The van der Waals surface area contributed by atoms with Gasteiger partial charge in [0.05, 0.1) is 5.69 Å². The van der Waals surface area contributed by atoms with Crippen molar-refractivity contribution in [3.8, 4) is 0 Å². The molecule has 1 aliphatic rings. The van der Waals surface area contributed by atoms with Crippen molar-refractivity contribution in [3.63, 3.8) is 0 Å². The van der Waals surface area contributed by atoms with E-state index in [-0.39, 0.29) is 10.8 Å². The lowest BCUT2D eigenvalue weighted by Gasteiger charge is -2.12. The Hall–Kier alpha value is -0.830. The van der Waals surface area contributed by atoms with Gasteiger partial charge in [-0.25, -0.2) is 4.98 Å². The first-order chi connectivity index (χ1) is 5.77. The van der Waals surface area contributed by atoms with Crippen LogP contribution in [0.1, 0.15) is 24.1 Å². The summed E-state index contributed by atoms with van der Waals surface area (Å²) in [5.74, 6) is 0. The fourth-order valence-electron chi connectivity index (χ4n) is 1.57. The standard InChI is InChI=1S/C8H9ClN2O/c9-8-10-6-4-2-1-3-5(6)7(12)11-8/h1-4H2,(H,10,11,12). The molecule has 0 aromatic carbocycles. The second-order valence-electron chi connectivity index (χ2n) is 2.99. The van der Waals surface area contributed by atoms with E-state index < -0.39 is 0 Å². The number of aromatic amines is 1. The van der Waals surface area contributed by atoms with E-state index in [4.69, 9.17) is 11.6 Å². The number of fused-ring (bicyclic) bond motifs is 1. The smallest absolute Gasteiger partial charge is 0.255 e. The number of nitrogens with one attached hydrogen (secondary N) is 1. The summed E-state index contributed by atoms with van der Waals surface area (Å²) in [6.07, 6.45) is 3.92. The molecule has 4 heteroatoms. The SMILES string of the molecule is O=c1[nH]c(Cl)nc2c1CCCC2. The van der Waals surface area contributed by atoms with Crippen LogP contribution in [0.5, 0.6) is 0 Å². The largest absolute Gasteiger partial charge is 0.297 e. The predicted octanol–water partition coefficient (Wildman–Crippen LogP) is 1.30. The van der Waals surface area contributed by atoms with Gasteiger partial charge in [-0.1, -0.05) is 0 Å². The van der Waals surface area contributed by atoms with Gasteiger partial charge in [0.15, 0.2) is 0 Å². The number of rotatable bonds is 0. The molecule has 0 unspecified atom stereocenters. The van der Waals surface area contributed by atoms with E-state index >= 15 is 0 Å². The molecule has 0 spiro atoms. The summed E-state index contributed by atoms with van der Waals surface area (Å²) in [7, 11) is 0. The fraction of sp³-hybridized carbons (Fsp3) is 0.500. The first kappa shape index (κ1) is 7.80. The second-order valence-corrected chi connectivity index (χ2v) is 3.35. The van der Waals surface area contributed by atoms with E-state index in [1.54, 1.807) is 0 Å². The Bertz CT molecular complexity index is 359. The van der Waals surface area contributed by atoms with Gasteiger partial charge in [0.2, 0.25) is 5.28 Å². The molecule has 12 heavy (non-hydrogen) atoms. The zero-order valence-corrected chi connectivity index (χ0v) is 7.32. The van der Waals surface area contributed by atoms with Crippen LogP contribution in [-0.4, -0.2) is 9.97 Å². The monoisotopic (exact) mass is 184 g/mol. The number of aromatic nitrogens is 2. The highest BCUT2D eigenvalue weighted by molar-refractivity contribution is 6.28. The van der Waals surface area contributed by atoms with Crippen molar-refractivity contribution < 1.29 is 0 Å². The van der Waals surface area contributed by atoms with E-state index in [2.05, 4.69) is 9.97 Å². The molecule has 0 saturated heterocycles. The summed E-state index contributed by atoms with van der Waals surface area (Å²) in [5, 5.41) is 0.209. The van der Waals surface area contributed by atoms with Gasteiger partial charge in [-0.05, 0) is 37.3 Å². The number of hydrogen-bond acceptors (Lipinski definition) is 2. The topological polar surface area (TPSA) is 45.8 Å². The second kappa shape index (κ2) is 2.90. The molecule has 0 radical (unpaired) electrons. The van der Waals surface area contributed by atoms with Crippen molar-refractivity contribution in [2.24, 2.45) is 0 Å². The van der Waals surface area contributed by atoms with E-state index in [1.165, 1.54) is 0 Å². The molecule has 1 aromatic heterocycles. The van der Waals surface area contributed by atoms with Crippen molar-refractivity contribution in [1.82, 2.24) is 9.97 Å². The minimum absolute atomic E-state index is 0.0651. The minimum Gasteiger partial charge on any atom is -0.297 e. The predicted molar refractivity (Wildman–Crippen MR) is 46.5 cm³/mol. The Morgan fingerprint density at radius 2 is 2.08 bits per heavy atom. The lowest BCUT2D eigenvalue weighted by Crippen LogP contribution is -2.20. The number of halogens is 1. The van der Waals surface area contributed by atoms with Crippen molar-refractivity contribution >= 4 is 11.6 Å². The Labute approximate surface area is 74.8 Å². The molecule has 0 bridgehead atoms. The van der Waals surface area contributed by atoms with Crippen LogP contribution in [0.2, 0.25) is 5.28 Å². The van der Waals surface area contributed by atoms with Gasteiger partial charge in [0.1, 0.15) is 0 Å². The van der Waals surface area contributed by atoms with Gasteiger partial charge in [-0.3, -0.25) is 9.78 Å². The highest BCUT2D eigenvalue weighted by Gasteiger charge is 2.14. The van der Waals surface area contributed by atoms with Gasteiger partial charge in [0, 0.05) is 5.56 Å². The van der Waals surface area contributed by atoms with Gasteiger partial charge in [-0.2, -0.15) is 0 Å². The van der Waals surface area contributed by atoms with Crippen LogP contribution in [0, 0.1) is 0 Å². The Kier molecular flexibility index (Phi) is 1.89. The number of aryl methyl sites for hydroxylation is 1. The quantitative estimate of drug-likeness (QED) is 0.618. The summed E-state index contributed by atoms with van der Waals surface area (Å²) in [6, 6.07) is 0. The molecule has 64 valence electrons. The summed E-state index contributed by atoms with van der Waals surface area (Å²) < 4.78 is 0. The average molecular weight is 185 g/mol. The van der Waals surface area contributed by atoms with Crippen molar-refractivity contribution in [1.29, 1.82) is 0 Å². The van der Waals surface area contributed by atoms with Crippen LogP contribution >= 0.6 is 11.6 Å². The van der Waals surface area contributed by atoms with Gasteiger partial charge in [0.25, 0.3) is 5.56 Å². The molecule has 1 aliphatic carbocycles. The van der Waals surface area contributed by atoms with Crippen LogP contribution < -0.4 is 5.56 Å². The van der Waals surface area contributed by atoms with Crippen molar-refractivity contribution in [2.45, 2.75) is 25.7 Å². The Morgan fingerprint density at radius 3 is 2.92 bits per heavy atom. The minimum atomic E-state index is -0.0651. The number of nitrogens with zero attached hydrogens (tertiary/aromatic N) is 1. The highest BCUT2D eigenvalue weighted by atomic mass is 35.5. The van der Waals surface area contributed by atoms with Gasteiger partial charge < -0.3 is 0 Å². The number of H-pyrrole nitrogens is 1. The molecule has 3 nitrogen and oxygen atoms in total. The Morgan fingerprint density at radius 1 is 1.33 bits per heavy atom. The molecule has 0 amide bonds. The van der Waals surface area contributed by atoms with Crippen molar-refractivity contribution in [2.75, 3.05) is 0 Å². The van der Waals surface area contributed by atoms with Crippen molar-refractivity contribution in [3.05, 3.63) is 26.9 Å². The first-order valence-corrected chi connectivity index (χ1v) is 4.43. The van der Waals surface area contributed by atoms with E-state index in [0.717, 1.165) is 36.9 Å². The molecule has 2 rings (SSSR count). The van der Waals surface area contributed by atoms with E-state index in [9.17, 15) is 4.79 Å². The maximum Gasteiger partial charge on any atom is 0.255 e. The molecule has 1 heterocycles. The van der Waals surface area contributed by atoms with Crippen LogP contribution in [0.15, 0.2) is 4.79 Å². The molecule has 0 atom stereocenters. The van der Waals surface area contributed by atoms with E-state index in [0.29, 0.717) is 0 Å². The molecule has 1 N–H and O–H groups in total. The summed E-state index contributed by atoms with van der Waals surface area (Å²) >= 11 is 5.62. The summed E-state index contributed by atoms with van der Waals surface area (Å²) in [6.45, 7) is 0.